The molecule has 5 heteroatoms. The van der Waals surface area contributed by atoms with Gasteiger partial charge in [0, 0.05) is 31.6 Å². The topological polar surface area (TPSA) is 65.1 Å². The minimum Gasteiger partial charge on any atom is -0.409 e. The second-order valence-corrected chi connectivity index (χ2v) is 5.26. The van der Waals surface area contributed by atoms with Crippen molar-refractivity contribution in [1.29, 1.82) is 0 Å². The molecule has 0 aromatic carbocycles. The van der Waals surface area contributed by atoms with Gasteiger partial charge in [-0.1, -0.05) is 19.0 Å². The molecule has 0 amide bonds. The fourth-order valence-electron chi connectivity index (χ4n) is 1.77. The van der Waals surface area contributed by atoms with Gasteiger partial charge in [-0.2, -0.15) is 0 Å². The van der Waals surface area contributed by atoms with E-state index in [9.17, 15) is 0 Å². The Morgan fingerprint density at radius 2 is 1.88 bits per heavy atom. The van der Waals surface area contributed by atoms with Gasteiger partial charge in [-0.15, -0.1) is 0 Å². The normalized spacial score (nSPS) is 21.3. The summed E-state index contributed by atoms with van der Waals surface area (Å²) in [6.45, 7) is 9.52. The summed E-state index contributed by atoms with van der Waals surface area (Å²) in [6, 6.07) is 0. The van der Waals surface area contributed by atoms with Crippen molar-refractivity contribution in [3.63, 3.8) is 0 Å². The molecule has 1 heterocycles. The molecule has 0 saturated carbocycles. The third kappa shape index (κ3) is 3.64. The van der Waals surface area contributed by atoms with Gasteiger partial charge in [-0.25, -0.2) is 0 Å². The molecule has 1 rings (SSSR count). The fraction of sp³-hybridized carbons (Fsp3) is 0.909. The number of amidine groups is 1. The molecule has 1 aliphatic rings. The first-order valence-corrected chi connectivity index (χ1v) is 5.84. The lowest BCUT2D eigenvalue weighted by molar-refractivity contribution is 0.144. The Bertz CT molecular complexity index is 244. The van der Waals surface area contributed by atoms with Gasteiger partial charge in [-0.3, -0.25) is 0 Å². The minimum absolute atomic E-state index is 0.224. The van der Waals surface area contributed by atoms with E-state index in [-0.39, 0.29) is 5.41 Å². The van der Waals surface area contributed by atoms with Gasteiger partial charge >= 0.3 is 0 Å². The first kappa shape index (κ1) is 13.3. The summed E-state index contributed by atoms with van der Waals surface area (Å²) >= 11 is 0. The van der Waals surface area contributed by atoms with Crippen LogP contribution < -0.4 is 5.73 Å². The molecule has 0 spiro atoms. The average Bonchev–Trinajstić information content (AvgIpc) is 2.27. The summed E-state index contributed by atoms with van der Waals surface area (Å²) < 4.78 is 0. The third-order valence-electron chi connectivity index (χ3n) is 3.45. The Labute approximate surface area is 97.9 Å². The van der Waals surface area contributed by atoms with E-state index in [1.54, 1.807) is 0 Å². The minimum atomic E-state index is -0.224. The molecule has 1 fully saturated rings. The van der Waals surface area contributed by atoms with Gasteiger partial charge in [0.05, 0.1) is 0 Å². The number of nitrogens with two attached hydrogens (primary N) is 1. The van der Waals surface area contributed by atoms with E-state index in [1.807, 2.05) is 13.8 Å². The molecule has 3 N–H and O–H groups in total. The highest BCUT2D eigenvalue weighted by atomic mass is 16.4. The van der Waals surface area contributed by atoms with Crippen LogP contribution in [0.15, 0.2) is 5.16 Å². The Morgan fingerprint density at radius 1 is 1.31 bits per heavy atom. The molecule has 5 nitrogen and oxygen atoms in total. The molecule has 0 atom stereocenters. The predicted octanol–water partition coefficient (Wildman–Crippen LogP) is 0.397. The molecule has 16 heavy (non-hydrogen) atoms. The van der Waals surface area contributed by atoms with E-state index in [1.165, 1.54) is 0 Å². The molecule has 0 radical (unpaired) electrons. The van der Waals surface area contributed by atoms with Crippen LogP contribution in [0.5, 0.6) is 0 Å². The standard InChI is InChI=1S/C11H24N4O/c1-11(2,10(12)13-16)4-5-15-8-6-14(3)7-9-15/h16H,4-9H2,1-3H3,(H2,12,13). The monoisotopic (exact) mass is 228 g/mol. The summed E-state index contributed by atoms with van der Waals surface area (Å²) in [4.78, 5) is 4.78. The van der Waals surface area contributed by atoms with Gasteiger partial charge in [0.15, 0.2) is 0 Å². The van der Waals surface area contributed by atoms with Crippen LogP contribution in [-0.2, 0) is 0 Å². The fourth-order valence-corrected chi connectivity index (χ4v) is 1.77. The average molecular weight is 228 g/mol. The van der Waals surface area contributed by atoms with Gasteiger partial charge < -0.3 is 20.7 Å². The van der Waals surface area contributed by atoms with Crippen molar-refractivity contribution in [3.8, 4) is 0 Å². The van der Waals surface area contributed by atoms with Gasteiger partial charge in [0.2, 0.25) is 0 Å². The highest BCUT2D eigenvalue weighted by molar-refractivity contribution is 5.85. The summed E-state index contributed by atoms with van der Waals surface area (Å²) in [7, 11) is 2.15. The lowest BCUT2D eigenvalue weighted by atomic mass is 9.88. The Balaban J connectivity index is 2.34. The van der Waals surface area contributed by atoms with Crippen LogP contribution >= 0.6 is 0 Å². The lowest BCUT2D eigenvalue weighted by Crippen LogP contribution is -2.46. The molecule has 0 aromatic rings. The number of hydrogen-bond donors (Lipinski definition) is 2. The third-order valence-corrected chi connectivity index (χ3v) is 3.45. The van der Waals surface area contributed by atoms with E-state index >= 15 is 0 Å². The van der Waals surface area contributed by atoms with Crippen molar-refractivity contribution in [3.05, 3.63) is 0 Å². The van der Waals surface area contributed by atoms with Crippen molar-refractivity contribution in [2.75, 3.05) is 39.8 Å². The smallest absolute Gasteiger partial charge is 0.144 e. The summed E-state index contributed by atoms with van der Waals surface area (Å²) in [5.41, 5.74) is 5.44. The maximum atomic E-state index is 8.68. The highest BCUT2D eigenvalue weighted by Crippen LogP contribution is 2.21. The van der Waals surface area contributed by atoms with E-state index < -0.39 is 0 Å². The zero-order valence-electron chi connectivity index (χ0n) is 10.6. The quantitative estimate of drug-likeness (QED) is 0.316. The number of piperazine rings is 1. The number of oxime groups is 1. The van der Waals surface area contributed by atoms with Crippen LogP contribution in [0.4, 0.5) is 0 Å². The Hall–Kier alpha value is -0.810. The summed E-state index contributed by atoms with van der Waals surface area (Å²) in [5, 5.41) is 11.8. The number of nitrogens with zero attached hydrogens (tertiary/aromatic N) is 3. The van der Waals surface area contributed by atoms with Gasteiger partial charge in [0.1, 0.15) is 5.84 Å². The molecular weight excluding hydrogens is 204 g/mol. The van der Waals surface area contributed by atoms with Crippen molar-refractivity contribution in [2.45, 2.75) is 20.3 Å². The van der Waals surface area contributed by atoms with Crippen LogP contribution in [0.1, 0.15) is 20.3 Å². The molecular formula is C11H24N4O. The van der Waals surface area contributed by atoms with Crippen LogP contribution in [0, 0.1) is 5.41 Å². The van der Waals surface area contributed by atoms with E-state index in [2.05, 4.69) is 22.0 Å². The van der Waals surface area contributed by atoms with Crippen molar-refractivity contribution in [1.82, 2.24) is 9.80 Å². The van der Waals surface area contributed by atoms with Crippen LogP contribution in [0.25, 0.3) is 0 Å². The van der Waals surface area contributed by atoms with Crippen LogP contribution in [0.3, 0.4) is 0 Å². The summed E-state index contributed by atoms with van der Waals surface area (Å²) in [6.07, 6.45) is 0.923. The lowest BCUT2D eigenvalue weighted by Gasteiger charge is -2.34. The van der Waals surface area contributed by atoms with E-state index in [4.69, 9.17) is 10.9 Å². The van der Waals surface area contributed by atoms with Crippen molar-refractivity contribution in [2.24, 2.45) is 16.3 Å². The van der Waals surface area contributed by atoms with E-state index in [0.717, 1.165) is 39.1 Å². The zero-order chi connectivity index (χ0) is 12.2. The van der Waals surface area contributed by atoms with Gasteiger partial charge in [-0.05, 0) is 20.0 Å². The number of hydrogen-bond acceptors (Lipinski definition) is 4. The largest absolute Gasteiger partial charge is 0.409 e. The molecule has 0 unspecified atom stereocenters. The molecule has 1 saturated heterocycles. The van der Waals surface area contributed by atoms with Crippen molar-refractivity contribution >= 4 is 5.84 Å². The van der Waals surface area contributed by atoms with E-state index in [0.29, 0.717) is 5.84 Å². The zero-order valence-corrected chi connectivity index (χ0v) is 10.6. The predicted molar refractivity (Wildman–Crippen MR) is 65.7 cm³/mol. The first-order chi connectivity index (χ1) is 7.45. The molecule has 0 aromatic heterocycles. The Kier molecular flexibility index (Phi) is 4.56. The highest BCUT2D eigenvalue weighted by Gasteiger charge is 2.25. The second kappa shape index (κ2) is 5.50. The second-order valence-electron chi connectivity index (χ2n) is 5.26. The summed E-state index contributed by atoms with van der Waals surface area (Å²) in [5.74, 6) is 0.321. The maximum absolute atomic E-state index is 8.68. The molecule has 94 valence electrons. The molecule has 1 aliphatic heterocycles. The van der Waals surface area contributed by atoms with Crippen molar-refractivity contribution < 1.29 is 5.21 Å². The van der Waals surface area contributed by atoms with Gasteiger partial charge in [0.25, 0.3) is 0 Å². The SMILES string of the molecule is CN1CCN(CCC(C)(C)C(N)=NO)CC1. The first-order valence-electron chi connectivity index (χ1n) is 5.84. The van der Waals surface area contributed by atoms with Crippen LogP contribution in [0.2, 0.25) is 0 Å². The number of likely N-dealkylation sites (N-methyl/N-ethyl adjacent to an activating group) is 1. The number of rotatable bonds is 4. The molecule has 0 aliphatic carbocycles. The maximum Gasteiger partial charge on any atom is 0.144 e. The van der Waals surface area contributed by atoms with Crippen LogP contribution in [-0.4, -0.2) is 60.6 Å². The molecule has 0 bridgehead atoms. The Morgan fingerprint density at radius 3 is 2.38 bits per heavy atom.